The summed E-state index contributed by atoms with van der Waals surface area (Å²) in [6, 6.07) is 0. The minimum absolute atomic E-state index is 0.871. The molecule has 0 spiro atoms. The molecule has 0 saturated heterocycles. The summed E-state index contributed by atoms with van der Waals surface area (Å²) in [5.74, 6) is 0.920. The number of rotatable bonds is 2. The molecule has 1 fully saturated rings. The van der Waals surface area contributed by atoms with E-state index in [-0.39, 0.29) is 0 Å². The Morgan fingerprint density at radius 2 is 2.09 bits per heavy atom. The van der Waals surface area contributed by atoms with Crippen molar-refractivity contribution in [3.05, 3.63) is 11.6 Å². The predicted octanol–water partition coefficient (Wildman–Crippen LogP) is 2.47. The molecule has 1 heteroatoms. The van der Waals surface area contributed by atoms with Crippen LogP contribution in [0.4, 0.5) is 0 Å². The molecule has 0 heterocycles. The third-order valence-corrected chi connectivity index (χ3v) is 2.73. The zero-order valence-corrected chi connectivity index (χ0v) is 7.47. The summed E-state index contributed by atoms with van der Waals surface area (Å²) < 4.78 is 0. The van der Waals surface area contributed by atoms with Gasteiger partial charge in [0.25, 0.3) is 0 Å². The second-order valence-corrected chi connectivity index (χ2v) is 3.47. The van der Waals surface area contributed by atoms with Gasteiger partial charge in [-0.3, -0.25) is 0 Å². The topological polar surface area (TPSA) is 26.0 Å². The van der Waals surface area contributed by atoms with Crippen LogP contribution in [0.25, 0.3) is 0 Å². The fraction of sp³-hybridized carbons (Fsp3) is 0.800. The van der Waals surface area contributed by atoms with Crippen LogP contribution in [0.1, 0.15) is 39.0 Å². The monoisotopic (exact) mass is 153 g/mol. The summed E-state index contributed by atoms with van der Waals surface area (Å²) >= 11 is 0. The van der Waals surface area contributed by atoms with Crippen LogP contribution in [-0.4, -0.2) is 6.54 Å². The molecule has 0 aliphatic heterocycles. The van der Waals surface area contributed by atoms with E-state index in [4.69, 9.17) is 5.73 Å². The van der Waals surface area contributed by atoms with Crippen LogP contribution in [0.15, 0.2) is 11.6 Å². The van der Waals surface area contributed by atoms with Crippen LogP contribution < -0.4 is 5.73 Å². The van der Waals surface area contributed by atoms with Gasteiger partial charge >= 0.3 is 0 Å². The van der Waals surface area contributed by atoms with Crippen molar-refractivity contribution in [2.45, 2.75) is 39.0 Å². The fourth-order valence-corrected chi connectivity index (χ4v) is 1.86. The van der Waals surface area contributed by atoms with E-state index in [0.29, 0.717) is 0 Å². The van der Waals surface area contributed by atoms with E-state index in [2.05, 4.69) is 13.0 Å². The van der Waals surface area contributed by atoms with Gasteiger partial charge in [-0.1, -0.05) is 11.6 Å². The van der Waals surface area contributed by atoms with Crippen molar-refractivity contribution in [1.82, 2.24) is 0 Å². The van der Waals surface area contributed by atoms with Crippen molar-refractivity contribution in [1.29, 1.82) is 0 Å². The van der Waals surface area contributed by atoms with E-state index in [0.717, 1.165) is 12.5 Å². The smallest absolute Gasteiger partial charge is 0.00746 e. The predicted molar refractivity (Wildman–Crippen MR) is 49.4 cm³/mol. The highest BCUT2D eigenvalue weighted by Gasteiger charge is 2.14. The molecule has 0 bridgehead atoms. The Hall–Kier alpha value is -0.300. The van der Waals surface area contributed by atoms with Gasteiger partial charge in [-0.05, 0) is 51.5 Å². The molecule has 1 saturated carbocycles. The molecule has 1 aliphatic rings. The molecule has 1 nitrogen and oxygen atoms in total. The zero-order valence-electron chi connectivity index (χ0n) is 7.47. The molecule has 2 N–H and O–H groups in total. The first-order valence-corrected chi connectivity index (χ1v) is 4.71. The van der Waals surface area contributed by atoms with Gasteiger partial charge < -0.3 is 5.73 Å². The van der Waals surface area contributed by atoms with Crippen molar-refractivity contribution < 1.29 is 0 Å². The minimum Gasteiger partial charge on any atom is -0.330 e. The molecule has 0 atom stereocenters. The standard InChI is InChI=1S/C10H19N/c1-2-9-3-5-10(6-4-9)7-8-11/h2,10H,3-8,11H2,1H3. The maximum Gasteiger partial charge on any atom is -0.00746 e. The van der Waals surface area contributed by atoms with Crippen LogP contribution in [-0.2, 0) is 0 Å². The van der Waals surface area contributed by atoms with Gasteiger partial charge in [0, 0.05) is 0 Å². The summed E-state index contributed by atoms with van der Waals surface area (Å²) in [6.45, 7) is 3.02. The molecule has 0 aromatic carbocycles. The zero-order chi connectivity index (χ0) is 8.10. The summed E-state index contributed by atoms with van der Waals surface area (Å²) in [4.78, 5) is 0. The van der Waals surface area contributed by atoms with Gasteiger partial charge in [0.15, 0.2) is 0 Å². The van der Waals surface area contributed by atoms with Crippen molar-refractivity contribution in [2.24, 2.45) is 11.7 Å². The third kappa shape index (κ3) is 2.66. The molecule has 0 amide bonds. The molecule has 1 aliphatic carbocycles. The average Bonchev–Trinajstić information content (AvgIpc) is 2.07. The Balaban J connectivity index is 2.24. The summed E-state index contributed by atoms with van der Waals surface area (Å²) in [5, 5.41) is 0. The highest BCUT2D eigenvalue weighted by molar-refractivity contribution is 5.03. The largest absolute Gasteiger partial charge is 0.330 e. The normalized spacial score (nSPS) is 25.3. The third-order valence-electron chi connectivity index (χ3n) is 2.73. The van der Waals surface area contributed by atoms with Gasteiger partial charge in [-0.15, -0.1) is 0 Å². The number of hydrogen-bond donors (Lipinski definition) is 1. The minimum atomic E-state index is 0.871. The fourth-order valence-electron chi connectivity index (χ4n) is 1.86. The first-order chi connectivity index (χ1) is 5.36. The lowest BCUT2D eigenvalue weighted by molar-refractivity contribution is 0.388. The number of nitrogens with two attached hydrogens (primary N) is 1. The molecular formula is C10H19N. The number of allylic oxidation sites excluding steroid dienone is 2. The van der Waals surface area contributed by atoms with Crippen molar-refractivity contribution in [3.8, 4) is 0 Å². The SMILES string of the molecule is CC=C1CCC(CCN)CC1. The first kappa shape index (κ1) is 8.79. The molecule has 0 radical (unpaired) electrons. The molecule has 0 aromatic heterocycles. The second kappa shape index (κ2) is 4.55. The molecule has 0 aromatic rings. The Labute approximate surface area is 69.7 Å². The second-order valence-electron chi connectivity index (χ2n) is 3.47. The lowest BCUT2D eigenvalue weighted by Crippen LogP contribution is -2.12. The Kier molecular flexibility index (Phi) is 3.64. The first-order valence-electron chi connectivity index (χ1n) is 4.71. The van der Waals surface area contributed by atoms with E-state index < -0.39 is 0 Å². The Bertz CT molecular complexity index is 128. The van der Waals surface area contributed by atoms with E-state index >= 15 is 0 Å². The van der Waals surface area contributed by atoms with Crippen LogP contribution in [0.2, 0.25) is 0 Å². The lowest BCUT2D eigenvalue weighted by atomic mass is 9.84. The lowest BCUT2D eigenvalue weighted by Gasteiger charge is -2.22. The van der Waals surface area contributed by atoms with Gasteiger partial charge in [0.2, 0.25) is 0 Å². The van der Waals surface area contributed by atoms with Crippen LogP contribution in [0.3, 0.4) is 0 Å². The van der Waals surface area contributed by atoms with E-state index in [1.54, 1.807) is 5.57 Å². The van der Waals surface area contributed by atoms with Gasteiger partial charge in [0.1, 0.15) is 0 Å². The van der Waals surface area contributed by atoms with Crippen molar-refractivity contribution >= 4 is 0 Å². The van der Waals surface area contributed by atoms with E-state index in [1.807, 2.05) is 0 Å². The molecule has 0 unspecified atom stereocenters. The van der Waals surface area contributed by atoms with Gasteiger partial charge in [0.05, 0.1) is 0 Å². The summed E-state index contributed by atoms with van der Waals surface area (Å²) in [6.07, 6.45) is 8.89. The summed E-state index contributed by atoms with van der Waals surface area (Å²) in [7, 11) is 0. The molecule has 64 valence electrons. The van der Waals surface area contributed by atoms with E-state index in [9.17, 15) is 0 Å². The highest BCUT2D eigenvalue weighted by Crippen LogP contribution is 2.29. The Morgan fingerprint density at radius 3 is 2.55 bits per heavy atom. The quantitative estimate of drug-likeness (QED) is 0.606. The molecular weight excluding hydrogens is 134 g/mol. The summed E-state index contributed by atoms with van der Waals surface area (Å²) in [5.41, 5.74) is 7.16. The van der Waals surface area contributed by atoms with Crippen LogP contribution >= 0.6 is 0 Å². The van der Waals surface area contributed by atoms with Crippen LogP contribution in [0.5, 0.6) is 0 Å². The number of hydrogen-bond acceptors (Lipinski definition) is 1. The Morgan fingerprint density at radius 1 is 1.45 bits per heavy atom. The van der Waals surface area contributed by atoms with Crippen molar-refractivity contribution in [3.63, 3.8) is 0 Å². The maximum atomic E-state index is 5.51. The van der Waals surface area contributed by atoms with Gasteiger partial charge in [-0.2, -0.15) is 0 Å². The average molecular weight is 153 g/mol. The van der Waals surface area contributed by atoms with Gasteiger partial charge in [-0.25, -0.2) is 0 Å². The molecule has 11 heavy (non-hydrogen) atoms. The molecule has 1 rings (SSSR count). The van der Waals surface area contributed by atoms with Crippen molar-refractivity contribution in [2.75, 3.05) is 6.54 Å². The maximum absolute atomic E-state index is 5.51. The van der Waals surface area contributed by atoms with E-state index in [1.165, 1.54) is 32.1 Å². The highest BCUT2D eigenvalue weighted by atomic mass is 14.5. The van der Waals surface area contributed by atoms with Crippen LogP contribution in [0, 0.1) is 5.92 Å².